The van der Waals surface area contributed by atoms with Crippen LogP contribution in [0.4, 0.5) is 11.6 Å². The molecule has 3 aromatic rings. The van der Waals surface area contributed by atoms with E-state index in [4.69, 9.17) is 9.47 Å². The maximum Gasteiger partial charge on any atom is 0.227 e. The van der Waals surface area contributed by atoms with E-state index in [-0.39, 0.29) is 0 Å². The molecule has 0 aliphatic heterocycles. The van der Waals surface area contributed by atoms with E-state index in [2.05, 4.69) is 15.3 Å². The number of aromatic nitrogens is 2. The number of nitrogens with one attached hydrogen (secondary N) is 1. The van der Waals surface area contributed by atoms with Gasteiger partial charge in [0.15, 0.2) is 0 Å². The lowest BCUT2D eigenvalue weighted by atomic mass is 10.1. The van der Waals surface area contributed by atoms with Crippen molar-refractivity contribution < 1.29 is 9.47 Å². The Morgan fingerprint density at radius 2 is 1.61 bits per heavy atom. The number of ether oxygens (including phenoxy) is 2. The van der Waals surface area contributed by atoms with Gasteiger partial charge < -0.3 is 14.8 Å². The van der Waals surface area contributed by atoms with Crippen LogP contribution in [0.2, 0.25) is 0 Å². The second kappa shape index (κ2) is 6.79. The molecule has 0 aliphatic carbocycles. The normalized spacial score (nSPS) is 10.2. The number of anilines is 2. The van der Waals surface area contributed by atoms with Gasteiger partial charge in [-0.25, -0.2) is 9.97 Å². The molecule has 3 rings (SSSR count). The Morgan fingerprint density at radius 3 is 2.39 bits per heavy atom. The Morgan fingerprint density at radius 1 is 0.870 bits per heavy atom. The second-order valence-electron chi connectivity index (χ2n) is 4.85. The molecule has 1 heterocycles. The lowest BCUT2D eigenvalue weighted by Gasteiger charge is -2.08. The number of benzene rings is 2. The van der Waals surface area contributed by atoms with Gasteiger partial charge in [0.2, 0.25) is 5.95 Å². The molecule has 0 saturated heterocycles. The molecule has 0 bridgehead atoms. The molecule has 0 spiro atoms. The van der Waals surface area contributed by atoms with Gasteiger partial charge in [0, 0.05) is 23.5 Å². The van der Waals surface area contributed by atoms with Crippen molar-refractivity contribution in [3.63, 3.8) is 0 Å². The summed E-state index contributed by atoms with van der Waals surface area (Å²) >= 11 is 0. The molecular weight excluding hydrogens is 290 g/mol. The zero-order chi connectivity index (χ0) is 16.1. The molecule has 1 aromatic heterocycles. The average Bonchev–Trinajstić information content (AvgIpc) is 2.62. The quantitative estimate of drug-likeness (QED) is 0.774. The Hall–Kier alpha value is -3.08. The van der Waals surface area contributed by atoms with Gasteiger partial charge in [0.1, 0.15) is 11.5 Å². The topological polar surface area (TPSA) is 56.3 Å². The summed E-state index contributed by atoms with van der Waals surface area (Å²) in [5, 5.41) is 3.18. The molecule has 23 heavy (non-hydrogen) atoms. The largest absolute Gasteiger partial charge is 0.497 e. The molecule has 0 radical (unpaired) electrons. The third kappa shape index (κ3) is 3.58. The van der Waals surface area contributed by atoms with Crippen molar-refractivity contribution in [2.75, 3.05) is 19.5 Å². The van der Waals surface area contributed by atoms with Gasteiger partial charge >= 0.3 is 0 Å². The second-order valence-corrected chi connectivity index (χ2v) is 4.85. The molecule has 0 atom stereocenters. The highest BCUT2D eigenvalue weighted by Gasteiger charge is 2.04. The first-order chi connectivity index (χ1) is 11.3. The maximum atomic E-state index is 5.25. The summed E-state index contributed by atoms with van der Waals surface area (Å²) in [5.74, 6) is 2.10. The lowest BCUT2D eigenvalue weighted by molar-refractivity contribution is 0.415. The fourth-order valence-electron chi connectivity index (χ4n) is 2.19. The molecule has 0 amide bonds. The molecule has 1 N–H and O–H groups in total. The Labute approximate surface area is 134 Å². The van der Waals surface area contributed by atoms with E-state index in [1.165, 1.54) is 0 Å². The molecular formula is C18H17N3O2. The highest BCUT2D eigenvalue weighted by atomic mass is 16.5. The highest BCUT2D eigenvalue weighted by molar-refractivity contribution is 5.63. The minimum Gasteiger partial charge on any atom is -0.497 e. The zero-order valence-corrected chi connectivity index (χ0v) is 13.0. The minimum absolute atomic E-state index is 0.526. The smallest absolute Gasteiger partial charge is 0.227 e. The van der Waals surface area contributed by atoms with Crippen molar-refractivity contribution >= 4 is 11.6 Å². The van der Waals surface area contributed by atoms with E-state index in [1.807, 2.05) is 54.6 Å². The first kappa shape index (κ1) is 14.8. The summed E-state index contributed by atoms with van der Waals surface area (Å²) < 4.78 is 10.5. The fraction of sp³-hybridized carbons (Fsp3) is 0.111. The summed E-state index contributed by atoms with van der Waals surface area (Å²) in [6.45, 7) is 0. The van der Waals surface area contributed by atoms with E-state index in [1.54, 1.807) is 20.4 Å². The summed E-state index contributed by atoms with van der Waals surface area (Å²) in [5.41, 5.74) is 2.66. The van der Waals surface area contributed by atoms with Gasteiger partial charge in [-0.05, 0) is 30.3 Å². The van der Waals surface area contributed by atoms with Crippen molar-refractivity contribution in [3.05, 3.63) is 60.8 Å². The van der Waals surface area contributed by atoms with Crippen molar-refractivity contribution in [1.29, 1.82) is 0 Å². The number of nitrogens with zero attached hydrogens (tertiary/aromatic N) is 2. The molecule has 5 nitrogen and oxygen atoms in total. The Kier molecular flexibility index (Phi) is 4.38. The van der Waals surface area contributed by atoms with Crippen molar-refractivity contribution in [3.8, 4) is 22.8 Å². The van der Waals surface area contributed by atoms with Gasteiger partial charge in [0.05, 0.1) is 19.9 Å². The third-order valence-corrected chi connectivity index (χ3v) is 3.35. The molecule has 0 fully saturated rings. The molecule has 116 valence electrons. The molecule has 2 aromatic carbocycles. The van der Waals surface area contributed by atoms with Crippen molar-refractivity contribution in [2.24, 2.45) is 0 Å². The van der Waals surface area contributed by atoms with Crippen LogP contribution in [-0.4, -0.2) is 24.2 Å². The van der Waals surface area contributed by atoms with Crippen LogP contribution in [-0.2, 0) is 0 Å². The van der Waals surface area contributed by atoms with Gasteiger partial charge in [-0.3, -0.25) is 0 Å². The van der Waals surface area contributed by atoms with Gasteiger partial charge in [-0.1, -0.05) is 18.2 Å². The molecule has 0 unspecified atom stereocenters. The molecule has 5 heteroatoms. The van der Waals surface area contributed by atoms with Crippen LogP contribution >= 0.6 is 0 Å². The SMILES string of the molecule is COc1cccc(Nc2nccc(-c3cccc(OC)c3)n2)c1. The monoisotopic (exact) mass is 307 g/mol. The summed E-state index contributed by atoms with van der Waals surface area (Å²) in [7, 11) is 3.29. The number of hydrogen-bond acceptors (Lipinski definition) is 5. The molecule has 0 aliphatic rings. The van der Waals surface area contributed by atoms with Crippen LogP contribution < -0.4 is 14.8 Å². The van der Waals surface area contributed by atoms with Gasteiger partial charge in [0.25, 0.3) is 0 Å². The Balaban J connectivity index is 1.87. The first-order valence-corrected chi connectivity index (χ1v) is 7.17. The summed E-state index contributed by atoms with van der Waals surface area (Å²) in [6.07, 6.45) is 1.73. The standard InChI is InChI=1S/C18H17N3O2/c1-22-15-7-3-5-13(11-15)17-9-10-19-18(21-17)20-14-6-4-8-16(12-14)23-2/h3-12H,1-2H3,(H,19,20,21). The van der Waals surface area contributed by atoms with E-state index >= 15 is 0 Å². The van der Waals surface area contributed by atoms with Crippen LogP contribution in [0, 0.1) is 0 Å². The average molecular weight is 307 g/mol. The molecule has 0 saturated carbocycles. The van der Waals surface area contributed by atoms with Crippen LogP contribution in [0.1, 0.15) is 0 Å². The third-order valence-electron chi connectivity index (χ3n) is 3.35. The first-order valence-electron chi connectivity index (χ1n) is 7.17. The summed E-state index contributed by atoms with van der Waals surface area (Å²) in [6, 6.07) is 17.3. The van der Waals surface area contributed by atoms with Crippen LogP contribution in [0.15, 0.2) is 60.8 Å². The predicted molar refractivity (Wildman–Crippen MR) is 90.3 cm³/mol. The van der Waals surface area contributed by atoms with E-state index in [0.29, 0.717) is 5.95 Å². The number of hydrogen-bond donors (Lipinski definition) is 1. The summed E-state index contributed by atoms with van der Waals surface area (Å²) in [4.78, 5) is 8.81. The number of methoxy groups -OCH3 is 2. The fourth-order valence-corrected chi connectivity index (χ4v) is 2.19. The maximum absolute atomic E-state index is 5.25. The van der Waals surface area contributed by atoms with Crippen LogP contribution in [0.5, 0.6) is 11.5 Å². The van der Waals surface area contributed by atoms with Gasteiger partial charge in [-0.15, -0.1) is 0 Å². The van der Waals surface area contributed by atoms with Gasteiger partial charge in [-0.2, -0.15) is 0 Å². The van der Waals surface area contributed by atoms with E-state index < -0.39 is 0 Å². The van der Waals surface area contributed by atoms with Crippen molar-refractivity contribution in [2.45, 2.75) is 0 Å². The lowest BCUT2D eigenvalue weighted by Crippen LogP contribution is -1.98. The van der Waals surface area contributed by atoms with Crippen molar-refractivity contribution in [1.82, 2.24) is 9.97 Å². The van der Waals surface area contributed by atoms with Crippen LogP contribution in [0.25, 0.3) is 11.3 Å². The van der Waals surface area contributed by atoms with Crippen LogP contribution in [0.3, 0.4) is 0 Å². The van der Waals surface area contributed by atoms with E-state index in [0.717, 1.165) is 28.4 Å². The number of rotatable bonds is 5. The highest BCUT2D eigenvalue weighted by Crippen LogP contribution is 2.24. The Bertz CT molecular complexity index is 806. The predicted octanol–water partition coefficient (Wildman–Crippen LogP) is 3.90. The zero-order valence-electron chi connectivity index (χ0n) is 13.0. The van der Waals surface area contributed by atoms with E-state index in [9.17, 15) is 0 Å². The minimum atomic E-state index is 0.526.